The Kier molecular flexibility index (Phi) is 20.1. The van der Waals surface area contributed by atoms with Crippen LogP contribution in [0.25, 0.3) is 0 Å². The van der Waals surface area contributed by atoms with E-state index >= 15 is 0 Å². The smallest absolute Gasteiger partial charge is 0.291 e. The van der Waals surface area contributed by atoms with Crippen molar-refractivity contribution in [3.05, 3.63) is 132 Å². The van der Waals surface area contributed by atoms with Crippen molar-refractivity contribution in [1.29, 1.82) is 0 Å². The van der Waals surface area contributed by atoms with Crippen LogP contribution in [0.15, 0.2) is 86.1 Å². The normalized spacial score (nSPS) is 11.4. The van der Waals surface area contributed by atoms with Gasteiger partial charge in [0.25, 0.3) is 47.3 Å². The van der Waals surface area contributed by atoms with Gasteiger partial charge in [-0.25, -0.2) is 15.0 Å². The van der Waals surface area contributed by atoms with Crippen LogP contribution < -0.4 is 58.9 Å². The maximum Gasteiger partial charge on any atom is 0.291 e. The predicted molar refractivity (Wildman–Crippen MR) is 331 cm³/mol. The number of nitrogens with zero attached hydrogens (tertiary/aromatic N) is 12. The van der Waals surface area contributed by atoms with Gasteiger partial charge in [0.1, 0.15) is 28.5 Å². The Balaban J connectivity index is 0.758. The Morgan fingerprint density at radius 3 is 1.22 bits per heavy atom. The number of nitrogens with one attached hydrogen (secondary N) is 10. The molecule has 1 atom stereocenters. The van der Waals surface area contributed by atoms with E-state index in [-0.39, 0.29) is 106 Å². The van der Waals surface area contributed by atoms with Crippen LogP contribution in [0.1, 0.15) is 104 Å². The number of hydrogen-bond donors (Lipinski definition) is 11. The van der Waals surface area contributed by atoms with Gasteiger partial charge in [-0.2, -0.15) is 0 Å². The van der Waals surface area contributed by atoms with Crippen molar-refractivity contribution < 1.29 is 47.9 Å². The summed E-state index contributed by atoms with van der Waals surface area (Å²) in [5.41, 5.74) is 8.58. The van der Waals surface area contributed by atoms with Gasteiger partial charge in [-0.15, -0.1) is 0 Å². The average molecular weight is 1240 g/mol. The quantitative estimate of drug-likeness (QED) is 0.0341. The molecule has 0 aliphatic heterocycles. The zero-order valence-corrected chi connectivity index (χ0v) is 51.1. The van der Waals surface area contributed by atoms with E-state index in [1.54, 1.807) is 79.5 Å². The summed E-state index contributed by atoms with van der Waals surface area (Å²) in [5, 5.41) is 27.2. The van der Waals surface area contributed by atoms with Gasteiger partial charge >= 0.3 is 0 Å². The first-order valence-corrected chi connectivity index (χ1v) is 28.0. The van der Waals surface area contributed by atoms with Gasteiger partial charge in [-0.1, -0.05) is 0 Å². The Morgan fingerprint density at radius 1 is 0.433 bits per heavy atom. The zero-order chi connectivity index (χ0) is 65.2. The monoisotopic (exact) mass is 1240 g/mol. The molecule has 0 saturated carbocycles. The van der Waals surface area contributed by atoms with Crippen LogP contribution in [-0.4, -0.2) is 162 Å². The molecule has 0 aromatic carbocycles. The fraction of sp³-hybridized carbons (Fsp3) is 0.316. The summed E-state index contributed by atoms with van der Waals surface area (Å²) in [6, 6.07) is 6.22. The van der Waals surface area contributed by atoms with Gasteiger partial charge in [0.15, 0.2) is 17.5 Å². The molecule has 0 unspecified atom stereocenters. The minimum Gasteiger partial charge on any atom is -0.356 e. The Bertz CT molecular complexity index is 4060. The van der Waals surface area contributed by atoms with Gasteiger partial charge in [0, 0.05) is 138 Å². The van der Waals surface area contributed by atoms with Crippen molar-refractivity contribution in [3.8, 4) is 0 Å². The summed E-state index contributed by atoms with van der Waals surface area (Å²) < 4.78 is 11.9. The lowest BCUT2D eigenvalue weighted by atomic mass is 10.2. The van der Waals surface area contributed by atoms with Crippen LogP contribution in [-0.2, 0) is 66.0 Å². The van der Waals surface area contributed by atoms with Crippen LogP contribution in [0.5, 0.6) is 0 Å². The molecule has 0 spiro atoms. The third-order valence-corrected chi connectivity index (χ3v) is 14.0. The molecule has 474 valence electrons. The van der Waals surface area contributed by atoms with Crippen LogP contribution in [0.3, 0.4) is 0 Å². The summed E-state index contributed by atoms with van der Waals surface area (Å²) in [7, 11) is 16.8. The van der Waals surface area contributed by atoms with E-state index < -0.39 is 59.2 Å². The van der Waals surface area contributed by atoms with Crippen molar-refractivity contribution in [3.63, 3.8) is 0 Å². The lowest BCUT2D eigenvalue weighted by molar-refractivity contribution is -0.121. The summed E-state index contributed by atoms with van der Waals surface area (Å²) in [6.07, 6.45) is 14.6. The minimum atomic E-state index is -1.08. The SMILES string of the molecule is CN(C)CCCNC(=O)CCNC(=O)c1cc(NC(=O)c2nc(NC(=O)c3cc(NC(=O)c4cc(NC(=O)[C@H](N)CCNC(=O)c5cc(NC(=O)c6nc(NC(=O)c7cc(NC(=O)c8nccn8C)cn7C)cn6C)cn5C)cn4C)cn3C)cn2C)cn1C. The van der Waals surface area contributed by atoms with Crippen molar-refractivity contribution in [1.82, 2.24) is 72.3 Å². The molecule has 90 heavy (non-hydrogen) atoms. The maximum absolute atomic E-state index is 13.5. The fourth-order valence-electron chi connectivity index (χ4n) is 9.36. The molecule has 8 heterocycles. The number of nitrogens with two attached hydrogens (primary N) is 1. The van der Waals surface area contributed by atoms with E-state index in [9.17, 15) is 47.9 Å². The fourth-order valence-corrected chi connectivity index (χ4v) is 9.36. The molecular weight excluding hydrogens is 1170 g/mol. The molecule has 0 saturated heterocycles. The van der Waals surface area contributed by atoms with E-state index in [0.29, 0.717) is 17.9 Å². The number of carbonyl (C=O) groups is 10. The lowest BCUT2D eigenvalue weighted by Gasteiger charge is -2.12. The number of anilines is 7. The van der Waals surface area contributed by atoms with E-state index in [1.807, 2.05) is 19.0 Å². The Labute approximate surface area is 514 Å². The van der Waals surface area contributed by atoms with Crippen molar-refractivity contribution in [2.24, 2.45) is 62.1 Å². The lowest BCUT2D eigenvalue weighted by Crippen LogP contribution is -2.39. The summed E-state index contributed by atoms with van der Waals surface area (Å²) in [4.78, 5) is 146. The molecule has 33 heteroatoms. The minimum absolute atomic E-state index is 0.00527. The van der Waals surface area contributed by atoms with E-state index in [4.69, 9.17) is 5.73 Å². The van der Waals surface area contributed by atoms with Crippen molar-refractivity contribution in [2.45, 2.75) is 25.3 Å². The molecule has 33 nitrogen and oxygen atoms in total. The highest BCUT2D eigenvalue weighted by Crippen LogP contribution is 2.22. The van der Waals surface area contributed by atoms with Gasteiger partial charge < -0.3 is 100 Å². The van der Waals surface area contributed by atoms with Crippen molar-refractivity contribution in [2.75, 3.05) is 77.5 Å². The number of aryl methyl sites for hydroxylation is 8. The maximum atomic E-state index is 13.5. The molecular formula is C57H71N23O10. The second kappa shape index (κ2) is 28.0. The third kappa shape index (κ3) is 16.0. The zero-order valence-electron chi connectivity index (χ0n) is 51.1. The molecule has 12 N–H and O–H groups in total. The molecule has 10 amide bonds. The van der Waals surface area contributed by atoms with Crippen LogP contribution in [0.4, 0.5) is 40.1 Å². The average Bonchev–Trinajstić information content (AvgIpc) is 2.82. The summed E-state index contributed by atoms with van der Waals surface area (Å²) >= 11 is 0. The number of rotatable bonds is 26. The first-order chi connectivity index (χ1) is 42.7. The molecule has 8 aromatic rings. The Hall–Kier alpha value is -11.4. The van der Waals surface area contributed by atoms with Gasteiger partial charge in [-0.3, -0.25) is 47.9 Å². The highest BCUT2D eigenvalue weighted by molar-refractivity contribution is 6.09. The van der Waals surface area contributed by atoms with E-state index in [1.165, 1.54) is 99.5 Å². The first kappa shape index (κ1) is 64.6. The number of carbonyl (C=O) groups excluding carboxylic acids is 10. The highest BCUT2D eigenvalue weighted by Gasteiger charge is 2.25. The highest BCUT2D eigenvalue weighted by atomic mass is 16.2. The van der Waals surface area contributed by atoms with E-state index in [0.717, 1.165) is 13.0 Å². The molecule has 8 rings (SSSR count). The third-order valence-electron chi connectivity index (χ3n) is 14.0. The molecule has 8 aromatic heterocycles. The van der Waals surface area contributed by atoms with Gasteiger partial charge in [0.05, 0.1) is 34.5 Å². The standard InChI is InChI=1S/C57H71N23O10/c1-72(2)18-11-14-59-45(81)13-16-62-51(84)39-21-35(28-75(39)5)67-57(90)48-68-43(30-79(48)9)70-53(86)41-23-33(26-77(41)7)64-52(85)40-22-32(25-76(40)6)63-49(82)37(58)12-15-61-50(83)38-20-34(27-74(38)4)66-56(89)47-69-44(31-80(47)10)71-54(87)42-24-36(29-78(42)8)65-55(88)46-60-17-19-73(46)3/h17,19-31,37H,11-16,18,58H2,1-10H3,(H,59,81)(H,61,83)(H,62,84)(H,63,82)(H,64,85)(H,65,88)(H,66,89)(H,67,90)(H,70,86)(H,71,87)/t37-/m1/s1. The molecule has 0 fully saturated rings. The second-order valence-corrected chi connectivity index (χ2v) is 21.5. The number of aromatic nitrogens is 11. The van der Waals surface area contributed by atoms with Crippen LogP contribution >= 0.6 is 0 Å². The summed E-state index contributed by atoms with van der Waals surface area (Å²) in [6.45, 7) is 1.49. The molecule has 0 radical (unpaired) electrons. The number of imidazole rings is 3. The van der Waals surface area contributed by atoms with E-state index in [2.05, 4.69) is 68.1 Å². The molecule has 0 bridgehead atoms. The second-order valence-electron chi connectivity index (χ2n) is 21.5. The predicted octanol–water partition coefficient (Wildman–Crippen LogP) is 1.37. The number of hydrogen-bond acceptors (Lipinski definition) is 15. The largest absolute Gasteiger partial charge is 0.356 e. The van der Waals surface area contributed by atoms with Crippen LogP contribution in [0.2, 0.25) is 0 Å². The number of amides is 10. The topological polar surface area (TPSA) is 398 Å². The van der Waals surface area contributed by atoms with Crippen LogP contribution in [0, 0.1) is 0 Å². The molecule has 0 aliphatic rings. The first-order valence-electron chi connectivity index (χ1n) is 28.0. The van der Waals surface area contributed by atoms with Crippen molar-refractivity contribution >= 4 is 99.1 Å². The summed E-state index contributed by atoms with van der Waals surface area (Å²) in [5.74, 6) is -4.94. The van der Waals surface area contributed by atoms with Gasteiger partial charge in [0.2, 0.25) is 23.5 Å². The molecule has 0 aliphatic carbocycles. The Morgan fingerprint density at radius 2 is 0.811 bits per heavy atom. The van der Waals surface area contributed by atoms with Gasteiger partial charge in [-0.05, 0) is 63.8 Å².